The van der Waals surface area contributed by atoms with Crippen LogP contribution in [0.4, 0.5) is 5.69 Å². The van der Waals surface area contributed by atoms with Crippen molar-refractivity contribution in [1.29, 1.82) is 0 Å². The first-order valence-corrected chi connectivity index (χ1v) is 8.74. The number of hydrogen-bond acceptors (Lipinski definition) is 4. The number of nitrogens with two attached hydrogens (primary N) is 1. The second-order valence-electron chi connectivity index (χ2n) is 5.13. The van der Waals surface area contributed by atoms with Gasteiger partial charge in [0.2, 0.25) is 5.91 Å². The summed E-state index contributed by atoms with van der Waals surface area (Å²) in [6.45, 7) is 4.41. The fourth-order valence-corrected chi connectivity index (χ4v) is 3.77. The molecular weight excluding hydrogens is 300 g/mol. The Kier molecular flexibility index (Phi) is 5.70. The van der Waals surface area contributed by atoms with Gasteiger partial charge < -0.3 is 11.1 Å². The van der Waals surface area contributed by atoms with E-state index in [1.807, 2.05) is 24.3 Å². The quantitative estimate of drug-likeness (QED) is 0.754. The molecule has 0 fully saturated rings. The molecular formula is C16H20N2OS2. The van der Waals surface area contributed by atoms with Gasteiger partial charge in [-0.15, -0.1) is 23.1 Å². The lowest BCUT2D eigenvalue weighted by atomic mass is 10.0. The zero-order valence-electron chi connectivity index (χ0n) is 12.2. The van der Waals surface area contributed by atoms with E-state index < -0.39 is 0 Å². The molecule has 1 atom stereocenters. The molecule has 1 heterocycles. The number of amides is 1. The topological polar surface area (TPSA) is 55.1 Å². The summed E-state index contributed by atoms with van der Waals surface area (Å²) >= 11 is 3.23. The van der Waals surface area contributed by atoms with Crippen molar-refractivity contribution in [3.8, 4) is 0 Å². The van der Waals surface area contributed by atoms with Gasteiger partial charge in [-0.2, -0.15) is 0 Å². The number of nitrogens with one attached hydrogen (secondary N) is 1. The number of carbonyl (C=O) groups is 1. The first-order valence-electron chi connectivity index (χ1n) is 6.88. The number of hydrogen-bond donors (Lipinski definition) is 2. The zero-order chi connectivity index (χ0) is 15.2. The molecule has 3 nitrogen and oxygen atoms in total. The van der Waals surface area contributed by atoms with Gasteiger partial charge in [0, 0.05) is 15.5 Å². The molecule has 5 heteroatoms. The summed E-state index contributed by atoms with van der Waals surface area (Å²) in [6.07, 6.45) is 0. The fraction of sp³-hybridized carbons (Fsp3) is 0.312. The summed E-state index contributed by atoms with van der Waals surface area (Å²) in [7, 11) is 0. The van der Waals surface area contributed by atoms with Crippen molar-refractivity contribution in [2.45, 2.75) is 24.8 Å². The Bertz CT molecular complexity index is 582. The Hall–Kier alpha value is -1.46. The third-order valence-electron chi connectivity index (χ3n) is 3.08. The van der Waals surface area contributed by atoms with Crippen molar-refractivity contribution < 1.29 is 4.79 Å². The smallest absolute Gasteiger partial charge is 0.227 e. The van der Waals surface area contributed by atoms with E-state index in [0.29, 0.717) is 11.7 Å². The molecule has 21 heavy (non-hydrogen) atoms. The first-order chi connectivity index (χ1) is 10.1. The molecule has 3 N–H and O–H groups in total. The predicted octanol–water partition coefficient (Wildman–Crippen LogP) is 4.13. The van der Waals surface area contributed by atoms with Gasteiger partial charge >= 0.3 is 0 Å². The summed E-state index contributed by atoms with van der Waals surface area (Å²) in [4.78, 5) is 13.4. The van der Waals surface area contributed by atoms with Crippen LogP contribution in [-0.4, -0.2) is 11.7 Å². The highest BCUT2D eigenvalue weighted by atomic mass is 32.2. The lowest BCUT2D eigenvalue weighted by Gasteiger charge is -2.24. The summed E-state index contributed by atoms with van der Waals surface area (Å²) in [5, 5.41) is 5.71. The zero-order valence-corrected chi connectivity index (χ0v) is 13.8. The molecule has 1 amide bonds. The van der Waals surface area contributed by atoms with Gasteiger partial charge in [0.05, 0.1) is 11.8 Å². The molecule has 0 saturated heterocycles. The van der Waals surface area contributed by atoms with Crippen LogP contribution < -0.4 is 11.1 Å². The molecule has 0 radical (unpaired) electrons. The second kappa shape index (κ2) is 7.52. The Morgan fingerprint density at radius 2 is 2.05 bits per heavy atom. The van der Waals surface area contributed by atoms with Crippen LogP contribution in [0, 0.1) is 5.92 Å². The highest BCUT2D eigenvalue weighted by molar-refractivity contribution is 8.00. The van der Waals surface area contributed by atoms with Crippen molar-refractivity contribution in [3.63, 3.8) is 0 Å². The largest absolute Gasteiger partial charge is 0.376 e. The van der Waals surface area contributed by atoms with Crippen LogP contribution in [0.5, 0.6) is 0 Å². The summed E-state index contributed by atoms with van der Waals surface area (Å²) < 4.78 is 0. The number of primary amides is 1. The highest BCUT2D eigenvalue weighted by Crippen LogP contribution is 2.34. The Morgan fingerprint density at radius 3 is 2.67 bits per heavy atom. The Morgan fingerprint density at radius 1 is 1.29 bits per heavy atom. The van der Waals surface area contributed by atoms with Gasteiger partial charge in [-0.05, 0) is 29.5 Å². The minimum Gasteiger partial charge on any atom is -0.376 e. The molecule has 0 aliphatic heterocycles. The third-order valence-corrected chi connectivity index (χ3v) is 5.14. The molecule has 2 rings (SSSR count). The minimum absolute atomic E-state index is 0.264. The van der Waals surface area contributed by atoms with Crippen LogP contribution in [0.15, 0.2) is 46.7 Å². The molecule has 0 aliphatic rings. The highest BCUT2D eigenvalue weighted by Gasteiger charge is 2.18. The van der Waals surface area contributed by atoms with Crippen molar-refractivity contribution in [2.24, 2.45) is 11.7 Å². The molecule has 0 spiro atoms. The second-order valence-corrected chi connectivity index (χ2v) is 7.13. The van der Waals surface area contributed by atoms with Crippen molar-refractivity contribution in [2.75, 3.05) is 11.1 Å². The number of carbonyl (C=O) groups excluding carboxylic acids is 1. The number of thiophene rings is 1. The van der Waals surface area contributed by atoms with E-state index in [0.717, 1.165) is 10.6 Å². The van der Waals surface area contributed by atoms with Crippen LogP contribution in [0.1, 0.15) is 24.8 Å². The van der Waals surface area contributed by atoms with E-state index in [4.69, 9.17) is 5.73 Å². The average Bonchev–Trinajstić information content (AvgIpc) is 2.96. The lowest BCUT2D eigenvalue weighted by molar-refractivity contribution is -0.115. The molecule has 1 unspecified atom stereocenters. The van der Waals surface area contributed by atoms with Crippen LogP contribution in [-0.2, 0) is 4.79 Å². The maximum absolute atomic E-state index is 11.0. The van der Waals surface area contributed by atoms with Crippen LogP contribution in [0.25, 0.3) is 0 Å². The molecule has 112 valence electrons. The monoisotopic (exact) mass is 320 g/mol. The number of rotatable bonds is 7. The van der Waals surface area contributed by atoms with Crippen LogP contribution in [0.3, 0.4) is 0 Å². The molecule has 1 aromatic heterocycles. The standard InChI is InChI=1S/C16H20N2OS2/c1-11(2)16(14-8-5-9-20-14)18-12-6-3-4-7-13(12)21-10-15(17)19/h3-9,11,16,18H,10H2,1-2H3,(H2,17,19). The molecule has 2 aromatic rings. The van der Waals surface area contributed by atoms with Crippen molar-refractivity contribution >= 4 is 34.7 Å². The SMILES string of the molecule is CC(C)C(Nc1ccccc1SCC(N)=O)c1cccs1. The number of para-hydroxylation sites is 1. The minimum atomic E-state index is -0.298. The van der Waals surface area contributed by atoms with E-state index in [9.17, 15) is 4.79 Å². The number of anilines is 1. The van der Waals surface area contributed by atoms with Crippen molar-refractivity contribution in [3.05, 3.63) is 46.7 Å². The maximum Gasteiger partial charge on any atom is 0.227 e. The van der Waals surface area contributed by atoms with Crippen LogP contribution >= 0.6 is 23.1 Å². The van der Waals surface area contributed by atoms with E-state index in [-0.39, 0.29) is 11.9 Å². The maximum atomic E-state index is 11.0. The van der Waals surface area contributed by atoms with Gasteiger partial charge in [0.1, 0.15) is 0 Å². The normalized spacial score (nSPS) is 12.3. The molecule has 1 aromatic carbocycles. The molecule has 0 aliphatic carbocycles. The fourth-order valence-electron chi connectivity index (χ4n) is 2.06. The molecule has 0 bridgehead atoms. The van der Waals surface area contributed by atoms with E-state index >= 15 is 0 Å². The Balaban J connectivity index is 2.19. The Labute approximate surface area is 133 Å². The van der Waals surface area contributed by atoms with Gasteiger partial charge in [0.15, 0.2) is 0 Å². The number of thioether (sulfide) groups is 1. The van der Waals surface area contributed by atoms with E-state index in [2.05, 4.69) is 36.7 Å². The molecule has 0 saturated carbocycles. The van der Waals surface area contributed by atoms with Gasteiger partial charge in [-0.1, -0.05) is 32.0 Å². The van der Waals surface area contributed by atoms with Crippen LogP contribution in [0.2, 0.25) is 0 Å². The number of benzene rings is 1. The summed E-state index contributed by atoms with van der Waals surface area (Å²) in [5.41, 5.74) is 6.29. The van der Waals surface area contributed by atoms with Gasteiger partial charge in [-0.3, -0.25) is 4.79 Å². The third kappa shape index (κ3) is 4.51. The first kappa shape index (κ1) is 15.9. The summed E-state index contributed by atoms with van der Waals surface area (Å²) in [5.74, 6) is 0.468. The van der Waals surface area contributed by atoms with Crippen molar-refractivity contribution in [1.82, 2.24) is 0 Å². The predicted molar refractivity (Wildman–Crippen MR) is 91.9 cm³/mol. The lowest BCUT2D eigenvalue weighted by Crippen LogP contribution is -2.16. The summed E-state index contributed by atoms with van der Waals surface area (Å²) in [6, 6.07) is 12.5. The van der Waals surface area contributed by atoms with Gasteiger partial charge in [0.25, 0.3) is 0 Å². The average molecular weight is 320 g/mol. The van der Waals surface area contributed by atoms with E-state index in [1.54, 1.807) is 11.3 Å². The van der Waals surface area contributed by atoms with E-state index in [1.165, 1.54) is 16.6 Å². The van der Waals surface area contributed by atoms with Gasteiger partial charge in [-0.25, -0.2) is 0 Å².